The molecule has 1 N–H and O–H groups in total. The number of halogens is 2. The number of aryl methyl sites for hydroxylation is 1. The van der Waals surface area contributed by atoms with Crippen LogP contribution in [0.5, 0.6) is 0 Å². The van der Waals surface area contributed by atoms with Gasteiger partial charge in [-0.3, -0.25) is 4.98 Å². The molecular formula is C18H14ClFN2. The van der Waals surface area contributed by atoms with Crippen LogP contribution in [0.1, 0.15) is 17.7 Å². The van der Waals surface area contributed by atoms with Gasteiger partial charge in [0, 0.05) is 16.1 Å². The molecule has 0 unspecified atom stereocenters. The first kappa shape index (κ1) is 13.5. The number of nitrogens with zero attached hydrogens (tertiary/aromatic N) is 1. The van der Waals surface area contributed by atoms with Gasteiger partial charge in [0.1, 0.15) is 5.82 Å². The van der Waals surface area contributed by atoms with E-state index in [0.717, 1.165) is 41.5 Å². The summed E-state index contributed by atoms with van der Waals surface area (Å²) >= 11 is 6.15. The van der Waals surface area contributed by atoms with E-state index in [9.17, 15) is 4.39 Å². The van der Waals surface area contributed by atoms with Crippen LogP contribution in [-0.4, -0.2) is 4.98 Å². The fraction of sp³-hybridized carbons (Fsp3) is 0.167. The Kier molecular flexibility index (Phi) is 3.23. The van der Waals surface area contributed by atoms with Crippen molar-refractivity contribution in [3.05, 3.63) is 64.6 Å². The summed E-state index contributed by atoms with van der Waals surface area (Å²) in [5.41, 5.74) is 4.59. The standard InChI is InChI=1S/C18H14ClFN2/c19-11-8-9-16-13(10-11)18(12-4-3-7-15(12)21-16)22-17-6-2-1-5-14(17)20/h1-2,5-6,8-10H,3-4,7H2,(H,21,22). The molecule has 1 heterocycles. The largest absolute Gasteiger partial charge is 0.352 e. The second-order valence-electron chi connectivity index (χ2n) is 5.53. The normalized spacial score (nSPS) is 13.4. The number of benzene rings is 2. The van der Waals surface area contributed by atoms with E-state index in [1.54, 1.807) is 12.1 Å². The van der Waals surface area contributed by atoms with Crippen LogP contribution < -0.4 is 5.32 Å². The number of anilines is 2. The third-order valence-corrected chi connectivity index (χ3v) is 4.34. The fourth-order valence-electron chi connectivity index (χ4n) is 3.07. The topological polar surface area (TPSA) is 24.9 Å². The number of para-hydroxylation sites is 1. The molecule has 3 aromatic rings. The molecule has 1 aromatic heterocycles. The Morgan fingerprint density at radius 1 is 1.09 bits per heavy atom. The predicted octanol–water partition coefficient (Wildman–Crippen LogP) is 5.26. The van der Waals surface area contributed by atoms with E-state index in [1.165, 1.54) is 11.6 Å². The quantitative estimate of drug-likeness (QED) is 0.698. The summed E-state index contributed by atoms with van der Waals surface area (Å²) in [6.45, 7) is 0. The summed E-state index contributed by atoms with van der Waals surface area (Å²) in [6, 6.07) is 12.4. The van der Waals surface area contributed by atoms with Crippen LogP contribution in [0.25, 0.3) is 10.9 Å². The van der Waals surface area contributed by atoms with Crippen molar-refractivity contribution in [2.45, 2.75) is 19.3 Å². The van der Waals surface area contributed by atoms with Crippen molar-refractivity contribution < 1.29 is 4.39 Å². The van der Waals surface area contributed by atoms with Crippen LogP contribution in [-0.2, 0) is 12.8 Å². The Labute approximate surface area is 132 Å². The average molecular weight is 313 g/mol. The minimum atomic E-state index is -0.263. The van der Waals surface area contributed by atoms with Crippen molar-refractivity contribution >= 4 is 33.9 Å². The molecule has 0 bridgehead atoms. The van der Waals surface area contributed by atoms with Gasteiger partial charge >= 0.3 is 0 Å². The fourth-order valence-corrected chi connectivity index (χ4v) is 3.25. The van der Waals surface area contributed by atoms with Gasteiger partial charge in [-0.05, 0) is 55.2 Å². The van der Waals surface area contributed by atoms with Crippen LogP contribution >= 0.6 is 11.6 Å². The molecule has 22 heavy (non-hydrogen) atoms. The van der Waals surface area contributed by atoms with E-state index in [2.05, 4.69) is 5.32 Å². The summed E-state index contributed by atoms with van der Waals surface area (Å²) < 4.78 is 14.0. The Morgan fingerprint density at radius 2 is 1.95 bits per heavy atom. The highest BCUT2D eigenvalue weighted by Gasteiger charge is 2.20. The molecule has 1 aliphatic carbocycles. The van der Waals surface area contributed by atoms with E-state index in [0.29, 0.717) is 10.7 Å². The Morgan fingerprint density at radius 3 is 2.82 bits per heavy atom. The lowest BCUT2D eigenvalue weighted by molar-refractivity contribution is 0.632. The average Bonchev–Trinajstić information content (AvgIpc) is 2.98. The molecule has 1 aliphatic rings. The number of fused-ring (bicyclic) bond motifs is 2. The molecule has 2 nitrogen and oxygen atoms in total. The number of aromatic nitrogens is 1. The smallest absolute Gasteiger partial charge is 0.146 e. The Balaban J connectivity index is 1.95. The molecule has 0 radical (unpaired) electrons. The van der Waals surface area contributed by atoms with E-state index in [4.69, 9.17) is 16.6 Å². The van der Waals surface area contributed by atoms with Gasteiger partial charge in [0.25, 0.3) is 0 Å². The molecule has 110 valence electrons. The first-order valence-electron chi connectivity index (χ1n) is 7.35. The van der Waals surface area contributed by atoms with E-state index in [1.807, 2.05) is 24.3 Å². The van der Waals surface area contributed by atoms with Gasteiger partial charge in [-0.15, -0.1) is 0 Å². The second kappa shape index (κ2) is 5.25. The highest BCUT2D eigenvalue weighted by atomic mass is 35.5. The third kappa shape index (κ3) is 2.22. The maximum absolute atomic E-state index is 14.0. The number of hydrogen-bond donors (Lipinski definition) is 1. The lowest BCUT2D eigenvalue weighted by Crippen LogP contribution is -2.01. The summed E-state index contributed by atoms with van der Waals surface area (Å²) in [4.78, 5) is 4.73. The van der Waals surface area contributed by atoms with Crippen molar-refractivity contribution in [1.29, 1.82) is 0 Å². The zero-order chi connectivity index (χ0) is 15.1. The number of rotatable bonds is 2. The molecule has 4 rings (SSSR count). The van der Waals surface area contributed by atoms with Crippen LogP contribution in [0.2, 0.25) is 5.02 Å². The summed E-state index contributed by atoms with van der Waals surface area (Å²) in [5, 5.41) is 4.87. The molecule has 0 atom stereocenters. The minimum Gasteiger partial charge on any atom is -0.352 e. The predicted molar refractivity (Wildman–Crippen MR) is 88.5 cm³/mol. The van der Waals surface area contributed by atoms with Crippen LogP contribution in [0.15, 0.2) is 42.5 Å². The molecule has 2 aromatic carbocycles. The first-order chi connectivity index (χ1) is 10.7. The Bertz CT molecular complexity index is 876. The monoisotopic (exact) mass is 312 g/mol. The number of hydrogen-bond acceptors (Lipinski definition) is 2. The maximum atomic E-state index is 14.0. The van der Waals surface area contributed by atoms with E-state index < -0.39 is 0 Å². The van der Waals surface area contributed by atoms with Crippen LogP contribution in [0.4, 0.5) is 15.8 Å². The molecule has 0 saturated carbocycles. The van der Waals surface area contributed by atoms with Gasteiger partial charge in [-0.2, -0.15) is 0 Å². The summed E-state index contributed by atoms with van der Waals surface area (Å²) in [6.07, 6.45) is 3.01. The zero-order valence-electron chi connectivity index (χ0n) is 11.9. The van der Waals surface area contributed by atoms with Gasteiger partial charge < -0.3 is 5.32 Å². The van der Waals surface area contributed by atoms with Gasteiger partial charge in [0.05, 0.1) is 16.9 Å². The summed E-state index contributed by atoms with van der Waals surface area (Å²) in [5.74, 6) is -0.263. The highest BCUT2D eigenvalue weighted by Crippen LogP contribution is 2.37. The molecule has 0 aliphatic heterocycles. The number of pyridine rings is 1. The van der Waals surface area contributed by atoms with Crippen LogP contribution in [0, 0.1) is 5.82 Å². The minimum absolute atomic E-state index is 0.263. The Hall–Kier alpha value is -2.13. The second-order valence-corrected chi connectivity index (χ2v) is 5.97. The van der Waals surface area contributed by atoms with Gasteiger partial charge in [-0.1, -0.05) is 23.7 Å². The molecule has 0 saturated heterocycles. The molecule has 0 fully saturated rings. The number of nitrogens with one attached hydrogen (secondary N) is 1. The van der Waals surface area contributed by atoms with E-state index in [-0.39, 0.29) is 5.82 Å². The summed E-state index contributed by atoms with van der Waals surface area (Å²) in [7, 11) is 0. The van der Waals surface area contributed by atoms with Crippen LogP contribution in [0.3, 0.4) is 0 Å². The lowest BCUT2D eigenvalue weighted by atomic mass is 10.1. The highest BCUT2D eigenvalue weighted by molar-refractivity contribution is 6.31. The van der Waals surface area contributed by atoms with Crippen molar-refractivity contribution in [3.63, 3.8) is 0 Å². The molecule has 0 spiro atoms. The van der Waals surface area contributed by atoms with Gasteiger partial charge in [0.15, 0.2) is 0 Å². The van der Waals surface area contributed by atoms with Gasteiger partial charge in [0.2, 0.25) is 0 Å². The van der Waals surface area contributed by atoms with Crippen molar-refractivity contribution in [2.24, 2.45) is 0 Å². The van der Waals surface area contributed by atoms with Crippen molar-refractivity contribution in [3.8, 4) is 0 Å². The van der Waals surface area contributed by atoms with E-state index >= 15 is 0 Å². The van der Waals surface area contributed by atoms with Crippen molar-refractivity contribution in [1.82, 2.24) is 4.98 Å². The van der Waals surface area contributed by atoms with Gasteiger partial charge in [-0.25, -0.2) is 4.39 Å². The maximum Gasteiger partial charge on any atom is 0.146 e. The van der Waals surface area contributed by atoms with Crippen molar-refractivity contribution in [2.75, 3.05) is 5.32 Å². The molecule has 0 amide bonds. The first-order valence-corrected chi connectivity index (χ1v) is 7.73. The lowest BCUT2D eigenvalue weighted by Gasteiger charge is -2.15. The third-order valence-electron chi connectivity index (χ3n) is 4.11. The zero-order valence-corrected chi connectivity index (χ0v) is 12.6. The SMILES string of the molecule is Fc1ccccc1Nc1c2c(nc3ccc(Cl)cc13)CCC2. The molecule has 4 heteroatoms. The molecular weight excluding hydrogens is 299 g/mol.